The van der Waals surface area contributed by atoms with Crippen LogP contribution in [0.1, 0.15) is 52.7 Å². The fourth-order valence-electron chi connectivity index (χ4n) is 6.40. The van der Waals surface area contributed by atoms with Crippen molar-refractivity contribution in [3.8, 4) is 22.3 Å². The number of nitrogens with one attached hydrogen (secondary N) is 1. The summed E-state index contributed by atoms with van der Waals surface area (Å²) in [5.41, 5.74) is 10.9. The van der Waals surface area contributed by atoms with Crippen molar-refractivity contribution in [3.63, 3.8) is 0 Å². The summed E-state index contributed by atoms with van der Waals surface area (Å²) in [6, 6.07) is 15.1. The van der Waals surface area contributed by atoms with E-state index in [1.54, 1.807) is 16.0 Å². The summed E-state index contributed by atoms with van der Waals surface area (Å²) in [4.78, 5) is 27.5. The molecule has 1 aliphatic carbocycles. The monoisotopic (exact) mass is 521 g/mol. The standard InChI is InChI=1S/C33H39N5O/c1-5-38-20-25-8-6-7-24-15-26(16-28(21-38)31(24)25)27-17-29-30(19-35-32(29)34-18-27)22-9-11-23(12-10-22)33(39)37(4)14-13-36(2)3/h9-12,15-19,25H,5-8,13-14,20-21H2,1-4H3,(H,34,35). The van der Waals surface area contributed by atoms with Crippen molar-refractivity contribution in [2.75, 3.05) is 47.3 Å². The van der Waals surface area contributed by atoms with Gasteiger partial charge in [0.25, 0.3) is 5.91 Å². The lowest BCUT2D eigenvalue weighted by Crippen LogP contribution is -2.35. The van der Waals surface area contributed by atoms with Crippen LogP contribution in [0.4, 0.5) is 0 Å². The third kappa shape index (κ3) is 4.99. The Labute approximate surface area is 231 Å². The first-order valence-electron chi connectivity index (χ1n) is 14.3. The minimum absolute atomic E-state index is 0.0477. The second-order valence-corrected chi connectivity index (χ2v) is 11.6. The summed E-state index contributed by atoms with van der Waals surface area (Å²) in [6.45, 7) is 7.17. The number of H-pyrrole nitrogens is 1. The first kappa shape index (κ1) is 25.8. The first-order valence-corrected chi connectivity index (χ1v) is 14.3. The van der Waals surface area contributed by atoms with Gasteiger partial charge in [-0.1, -0.05) is 25.1 Å². The third-order valence-corrected chi connectivity index (χ3v) is 8.61. The van der Waals surface area contributed by atoms with E-state index in [0.29, 0.717) is 18.0 Å². The van der Waals surface area contributed by atoms with Crippen molar-refractivity contribution in [1.29, 1.82) is 0 Å². The maximum atomic E-state index is 12.9. The number of fused-ring (bicyclic) bond motifs is 1. The first-order chi connectivity index (χ1) is 18.9. The molecule has 2 aromatic carbocycles. The average molecular weight is 522 g/mol. The van der Waals surface area contributed by atoms with Crippen molar-refractivity contribution in [2.45, 2.75) is 38.6 Å². The van der Waals surface area contributed by atoms with Gasteiger partial charge in [-0.25, -0.2) is 4.98 Å². The Morgan fingerprint density at radius 1 is 1.03 bits per heavy atom. The molecule has 1 amide bonds. The molecule has 0 bridgehead atoms. The molecule has 0 fully saturated rings. The number of rotatable bonds is 7. The zero-order valence-corrected chi connectivity index (χ0v) is 23.6. The van der Waals surface area contributed by atoms with E-state index in [0.717, 1.165) is 47.4 Å². The van der Waals surface area contributed by atoms with Gasteiger partial charge in [0, 0.05) is 67.7 Å². The van der Waals surface area contributed by atoms with E-state index < -0.39 is 0 Å². The normalized spacial score (nSPS) is 17.0. The van der Waals surface area contributed by atoms with Gasteiger partial charge in [-0.3, -0.25) is 9.69 Å². The lowest BCUT2D eigenvalue weighted by molar-refractivity contribution is 0.0786. The molecule has 6 nitrogen and oxygen atoms in total. The highest BCUT2D eigenvalue weighted by Gasteiger charge is 2.30. The van der Waals surface area contributed by atoms with E-state index in [2.05, 4.69) is 39.9 Å². The number of benzene rings is 2. The van der Waals surface area contributed by atoms with E-state index in [1.165, 1.54) is 36.9 Å². The Bertz CT molecular complexity index is 1500. The molecule has 4 aromatic rings. The second-order valence-electron chi connectivity index (χ2n) is 11.6. The molecular weight excluding hydrogens is 482 g/mol. The van der Waals surface area contributed by atoms with Crippen molar-refractivity contribution >= 4 is 16.9 Å². The summed E-state index contributed by atoms with van der Waals surface area (Å²) in [5, 5.41) is 1.11. The highest BCUT2D eigenvalue weighted by Crippen LogP contribution is 2.41. The Kier molecular flexibility index (Phi) is 7.00. The number of hydrogen-bond acceptors (Lipinski definition) is 4. The van der Waals surface area contributed by atoms with Gasteiger partial charge in [0.1, 0.15) is 5.65 Å². The smallest absolute Gasteiger partial charge is 0.253 e. The van der Waals surface area contributed by atoms with Gasteiger partial charge in [-0.15, -0.1) is 0 Å². The summed E-state index contributed by atoms with van der Waals surface area (Å²) < 4.78 is 0. The predicted octanol–water partition coefficient (Wildman–Crippen LogP) is 5.79. The van der Waals surface area contributed by atoms with Gasteiger partial charge in [0.15, 0.2) is 0 Å². The molecule has 39 heavy (non-hydrogen) atoms. The van der Waals surface area contributed by atoms with Crippen LogP contribution in [-0.4, -0.2) is 77.9 Å². The lowest BCUT2D eigenvalue weighted by atomic mass is 9.76. The molecule has 202 valence electrons. The lowest BCUT2D eigenvalue weighted by Gasteiger charge is -2.38. The molecule has 1 unspecified atom stereocenters. The molecule has 6 heteroatoms. The van der Waals surface area contributed by atoms with Crippen molar-refractivity contribution in [3.05, 3.63) is 77.1 Å². The molecule has 2 aromatic heterocycles. The molecule has 3 heterocycles. The van der Waals surface area contributed by atoms with Crippen LogP contribution in [0.15, 0.2) is 54.9 Å². The minimum Gasteiger partial charge on any atom is -0.346 e. The molecule has 1 aliphatic heterocycles. The van der Waals surface area contributed by atoms with Crippen LogP contribution in [0.2, 0.25) is 0 Å². The Hall–Kier alpha value is -3.48. The fourth-order valence-corrected chi connectivity index (χ4v) is 6.40. The molecule has 0 radical (unpaired) electrons. The minimum atomic E-state index is 0.0477. The summed E-state index contributed by atoms with van der Waals surface area (Å²) in [5.74, 6) is 0.734. The van der Waals surface area contributed by atoms with Crippen LogP contribution in [0.25, 0.3) is 33.3 Å². The number of likely N-dealkylation sites (N-methyl/N-ethyl adjacent to an activating group) is 3. The van der Waals surface area contributed by atoms with Gasteiger partial charge >= 0.3 is 0 Å². The number of carbonyl (C=O) groups excluding carboxylic acids is 1. The van der Waals surface area contributed by atoms with Crippen LogP contribution in [0.3, 0.4) is 0 Å². The number of aryl methyl sites for hydroxylation is 1. The van der Waals surface area contributed by atoms with E-state index in [-0.39, 0.29) is 5.91 Å². The fraction of sp³-hybridized carbons (Fsp3) is 0.394. The largest absolute Gasteiger partial charge is 0.346 e. The molecule has 6 rings (SSSR count). The highest BCUT2D eigenvalue weighted by molar-refractivity contribution is 5.98. The van der Waals surface area contributed by atoms with Gasteiger partial charge in [-0.05, 0) is 97.9 Å². The van der Waals surface area contributed by atoms with Gasteiger partial charge in [0.2, 0.25) is 0 Å². The average Bonchev–Trinajstić information content (AvgIpc) is 3.38. The van der Waals surface area contributed by atoms with Crippen LogP contribution < -0.4 is 0 Å². The van der Waals surface area contributed by atoms with Crippen molar-refractivity contribution < 1.29 is 4.79 Å². The number of hydrogen-bond donors (Lipinski definition) is 1. The summed E-state index contributed by atoms with van der Waals surface area (Å²) in [7, 11) is 5.90. The number of amides is 1. The van der Waals surface area contributed by atoms with Crippen LogP contribution >= 0.6 is 0 Å². The van der Waals surface area contributed by atoms with E-state index >= 15 is 0 Å². The molecule has 0 saturated heterocycles. The third-order valence-electron chi connectivity index (χ3n) is 8.61. The van der Waals surface area contributed by atoms with Crippen LogP contribution in [-0.2, 0) is 13.0 Å². The number of pyridine rings is 1. The zero-order valence-electron chi connectivity index (χ0n) is 23.6. The molecule has 0 spiro atoms. The van der Waals surface area contributed by atoms with Gasteiger partial charge in [0.05, 0.1) is 0 Å². The van der Waals surface area contributed by atoms with E-state index in [4.69, 9.17) is 4.98 Å². The summed E-state index contributed by atoms with van der Waals surface area (Å²) >= 11 is 0. The number of aromatic amines is 1. The van der Waals surface area contributed by atoms with Crippen LogP contribution in [0, 0.1) is 0 Å². The van der Waals surface area contributed by atoms with Crippen molar-refractivity contribution in [1.82, 2.24) is 24.7 Å². The van der Waals surface area contributed by atoms with Crippen molar-refractivity contribution in [2.24, 2.45) is 0 Å². The topological polar surface area (TPSA) is 55.5 Å². The van der Waals surface area contributed by atoms with E-state index in [1.807, 2.05) is 57.8 Å². The second kappa shape index (κ2) is 10.6. The van der Waals surface area contributed by atoms with E-state index in [9.17, 15) is 4.79 Å². The Morgan fingerprint density at radius 2 is 1.82 bits per heavy atom. The molecular formula is C33H39N5O. The molecule has 2 aliphatic rings. The number of carbonyl (C=O) groups is 1. The number of nitrogens with zero attached hydrogens (tertiary/aromatic N) is 4. The molecule has 0 saturated carbocycles. The SMILES string of the molecule is CCN1Cc2cc(-c3cnc4[nH]cc(-c5ccc(C(=O)N(C)CCN(C)C)cc5)c4c3)cc3c2C(CCC3)C1. The molecule has 1 atom stereocenters. The van der Waals surface area contributed by atoms with Crippen LogP contribution in [0.5, 0.6) is 0 Å². The predicted molar refractivity (Wildman–Crippen MR) is 159 cm³/mol. The Morgan fingerprint density at radius 3 is 2.59 bits per heavy atom. The molecule has 1 N–H and O–H groups in total. The Balaban J connectivity index is 1.31. The number of aromatic nitrogens is 2. The maximum Gasteiger partial charge on any atom is 0.253 e. The van der Waals surface area contributed by atoms with Gasteiger partial charge < -0.3 is 14.8 Å². The highest BCUT2D eigenvalue weighted by atomic mass is 16.2. The zero-order chi connectivity index (χ0) is 27.1. The summed E-state index contributed by atoms with van der Waals surface area (Å²) in [6.07, 6.45) is 7.80. The quantitative estimate of drug-likeness (QED) is 0.335. The maximum absolute atomic E-state index is 12.9. The van der Waals surface area contributed by atoms with Gasteiger partial charge in [-0.2, -0.15) is 0 Å².